The van der Waals surface area contributed by atoms with Crippen LogP contribution in [-0.2, 0) is 0 Å². The first-order chi connectivity index (χ1) is 9.92. The van der Waals surface area contributed by atoms with E-state index in [9.17, 15) is 9.90 Å². The number of halogens is 2. The zero-order valence-electron chi connectivity index (χ0n) is 12.3. The number of carbonyl (C=O) groups excluding carboxylic acids is 1. The molecule has 1 atom stereocenters. The topological polar surface area (TPSA) is 43.8 Å². The van der Waals surface area contributed by atoms with Crippen molar-refractivity contribution in [3.8, 4) is 5.75 Å². The summed E-state index contributed by atoms with van der Waals surface area (Å²) in [6, 6.07) is 2.83. The second kappa shape index (κ2) is 6.86. The molecule has 1 aliphatic heterocycles. The first-order valence-corrected chi connectivity index (χ1v) is 7.83. The van der Waals surface area contributed by atoms with E-state index >= 15 is 0 Å². The van der Waals surface area contributed by atoms with Gasteiger partial charge in [0, 0.05) is 24.7 Å². The van der Waals surface area contributed by atoms with Gasteiger partial charge in [0.05, 0.1) is 10.6 Å². The van der Waals surface area contributed by atoms with Gasteiger partial charge in [-0.05, 0) is 38.1 Å². The molecule has 1 heterocycles. The normalized spacial score (nSPS) is 18.5. The number of aromatic hydroxyl groups is 1. The number of hydrogen-bond acceptors (Lipinski definition) is 3. The number of phenolic OH excluding ortho intramolecular Hbond substituents is 1. The van der Waals surface area contributed by atoms with E-state index in [0.717, 1.165) is 19.5 Å². The molecule has 2 rings (SSSR count). The number of amides is 1. The van der Waals surface area contributed by atoms with Crippen LogP contribution >= 0.6 is 23.2 Å². The fourth-order valence-electron chi connectivity index (χ4n) is 2.67. The van der Waals surface area contributed by atoms with Gasteiger partial charge in [-0.25, -0.2) is 0 Å². The second-order valence-corrected chi connectivity index (χ2v) is 6.39. The van der Waals surface area contributed by atoms with Crippen molar-refractivity contribution in [2.24, 2.45) is 5.92 Å². The van der Waals surface area contributed by atoms with Crippen LogP contribution in [0.2, 0.25) is 10.0 Å². The lowest BCUT2D eigenvalue weighted by Gasteiger charge is -2.21. The maximum atomic E-state index is 12.5. The summed E-state index contributed by atoms with van der Waals surface area (Å²) in [4.78, 5) is 16.5. The van der Waals surface area contributed by atoms with Crippen molar-refractivity contribution in [2.75, 3.05) is 33.2 Å². The third kappa shape index (κ3) is 3.82. The zero-order valence-corrected chi connectivity index (χ0v) is 13.8. The predicted molar refractivity (Wildman–Crippen MR) is 85.3 cm³/mol. The standard InChI is InChI=1S/C15H20Cl2N2O2/c1-3-18(2)8-10-4-5-19(9-10)15(21)14-12(17)6-11(16)7-13(14)20/h6-7,10,20H,3-5,8-9H2,1-2H3. The molecule has 6 heteroatoms. The van der Waals surface area contributed by atoms with Crippen molar-refractivity contribution < 1.29 is 9.90 Å². The van der Waals surface area contributed by atoms with Crippen LogP contribution in [0.1, 0.15) is 23.7 Å². The van der Waals surface area contributed by atoms with Crippen molar-refractivity contribution >= 4 is 29.1 Å². The summed E-state index contributed by atoms with van der Waals surface area (Å²) in [5.74, 6) is 0.0783. The highest BCUT2D eigenvalue weighted by molar-refractivity contribution is 6.37. The largest absolute Gasteiger partial charge is 0.507 e. The molecule has 0 spiro atoms. The fraction of sp³-hybridized carbons (Fsp3) is 0.533. The Morgan fingerprint density at radius 1 is 1.48 bits per heavy atom. The molecule has 0 radical (unpaired) electrons. The molecule has 21 heavy (non-hydrogen) atoms. The number of phenols is 1. The van der Waals surface area contributed by atoms with Gasteiger partial charge in [0.2, 0.25) is 0 Å². The minimum Gasteiger partial charge on any atom is -0.507 e. The summed E-state index contributed by atoms with van der Waals surface area (Å²) in [7, 11) is 2.08. The molecule has 0 aliphatic carbocycles. The Morgan fingerprint density at radius 3 is 2.81 bits per heavy atom. The summed E-state index contributed by atoms with van der Waals surface area (Å²) < 4.78 is 0. The Morgan fingerprint density at radius 2 is 2.19 bits per heavy atom. The zero-order chi connectivity index (χ0) is 15.6. The van der Waals surface area contributed by atoms with Crippen molar-refractivity contribution in [3.63, 3.8) is 0 Å². The van der Waals surface area contributed by atoms with Gasteiger partial charge in [-0.15, -0.1) is 0 Å². The molecule has 0 saturated carbocycles. The molecule has 0 bridgehead atoms. The fourth-order valence-corrected chi connectivity index (χ4v) is 3.23. The van der Waals surface area contributed by atoms with Crippen LogP contribution in [0.4, 0.5) is 0 Å². The summed E-state index contributed by atoms with van der Waals surface area (Å²) in [5.41, 5.74) is 0.144. The van der Waals surface area contributed by atoms with Gasteiger partial charge in [-0.3, -0.25) is 4.79 Å². The van der Waals surface area contributed by atoms with E-state index in [-0.39, 0.29) is 22.2 Å². The molecule has 1 unspecified atom stereocenters. The Labute approximate surface area is 135 Å². The number of nitrogens with zero attached hydrogens (tertiary/aromatic N) is 2. The van der Waals surface area contributed by atoms with Gasteiger partial charge in [-0.1, -0.05) is 30.1 Å². The van der Waals surface area contributed by atoms with Gasteiger partial charge in [-0.2, -0.15) is 0 Å². The third-order valence-electron chi connectivity index (χ3n) is 3.93. The van der Waals surface area contributed by atoms with Crippen molar-refractivity contribution in [1.82, 2.24) is 9.80 Å². The third-order valence-corrected chi connectivity index (χ3v) is 4.45. The van der Waals surface area contributed by atoms with Crippen LogP contribution in [0.5, 0.6) is 5.75 Å². The minimum absolute atomic E-state index is 0.144. The molecular formula is C15H20Cl2N2O2. The van der Waals surface area contributed by atoms with Gasteiger partial charge in [0.15, 0.2) is 0 Å². The number of benzene rings is 1. The number of rotatable bonds is 4. The molecule has 1 fully saturated rings. The molecule has 1 N–H and O–H groups in total. The lowest BCUT2D eigenvalue weighted by Crippen LogP contribution is -2.31. The summed E-state index contributed by atoms with van der Waals surface area (Å²) in [6.45, 7) is 5.47. The van der Waals surface area contributed by atoms with Gasteiger partial charge in [0.1, 0.15) is 5.75 Å². The smallest absolute Gasteiger partial charge is 0.259 e. The van der Waals surface area contributed by atoms with E-state index in [1.54, 1.807) is 4.90 Å². The lowest BCUT2D eigenvalue weighted by molar-refractivity contribution is 0.0782. The molecule has 1 amide bonds. The molecule has 1 aromatic rings. The van der Waals surface area contributed by atoms with Crippen LogP contribution in [0.25, 0.3) is 0 Å². The average molecular weight is 331 g/mol. The van der Waals surface area contributed by atoms with Crippen LogP contribution in [-0.4, -0.2) is 54.0 Å². The SMILES string of the molecule is CCN(C)CC1CCN(C(=O)c2c(O)cc(Cl)cc2Cl)C1. The van der Waals surface area contributed by atoms with Crippen LogP contribution in [0.15, 0.2) is 12.1 Å². The molecule has 116 valence electrons. The Balaban J connectivity index is 2.09. The van der Waals surface area contributed by atoms with Crippen molar-refractivity contribution in [2.45, 2.75) is 13.3 Å². The quantitative estimate of drug-likeness (QED) is 0.922. The predicted octanol–water partition coefficient (Wildman–Crippen LogP) is 3.11. The highest BCUT2D eigenvalue weighted by Crippen LogP contribution is 2.32. The maximum Gasteiger partial charge on any atom is 0.259 e. The first kappa shape index (κ1) is 16.4. The summed E-state index contributed by atoms with van der Waals surface area (Å²) in [5, 5.41) is 10.4. The summed E-state index contributed by atoms with van der Waals surface area (Å²) in [6.07, 6.45) is 0.974. The Hall–Kier alpha value is -0.970. The number of carbonyl (C=O) groups is 1. The number of hydrogen-bond donors (Lipinski definition) is 1. The molecule has 0 aromatic heterocycles. The molecule has 1 saturated heterocycles. The molecule has 1 aliphatic rings. The number of likely N-dealkylation sites (tertiary alicyclic amines) is 1. The first-order valence-electron chi connectivity index (χ1n) is 7.08. The highest BCUT2D eigenvalue weighted by Gasteiger charge is 2.30. The van der Waals surface area contributed by atoms with Crippen molar-refractivity contribution in [1.29, 1.82) is 0 Å². The van der Waals surface area contributed by atoms with Gasteiger partial charge >= 0.3 is 0 Å². The molecule has 4 nitrogen and oxygen atoms in total. The average Bonchev–Trinajstić information content (AvgIpc) is 2.85. The minimum atomic E-state index is -0.226. The highest BCUT2D eigenvalue weighted by atomic mass is 35.5. The van der Waals surface area contributed by atoms with E-state index in [2.05, 4.69) is 18.9 Å². The van der Waals surface area contributed by atoms with Gasteiger partial charge < -0.3 is 14.9 Å². The van der Waals surface area contributed by atoms with E-state index in [4.69, 9.17) is 23.2 Å². The van der Waals surface area contributed by atoms with E-state index in [1.165, 1.54) is 12.1 Å². The summed E-state index contributed by atoms with van der Waals surface area (Å²) >= 11 is 11.9. The maximum absolute atomic E-state index is 12.5. The Bertz CT molecular complexity index is 513. The molecule has 1 aromatic carbocycles. The Kier molecular flexibility index (Phi) is 5.36. The second-order valence-electron chi connectivity index (χ2n) is 5.54. The van der Waals surface area contributed by atoms with Crippen molar-refractivity contribution in [3.05, 3.63) is 27.7 Å². The van der Waals surface area contributed by atoms with Crippen LogP contribution in [0, 0.1) is 5.92 Å². The van der Waals surface area contributed by atoms with Crippen LogP contribution < -0.4 is 0 Å². The van der Waals surface area contributed by atoms with E-state index in [1.807, 2.05) is 0 Å². The monoisotopic (exact) mass is 330 g/mol. The van der Waals surface area contributed by atoms with Gasteiger partial charge in [0.25, 0.3) is 5.91 Å². The van der Waals surface area contributed by atoms with E-state index < -0.39 is 0 Å². The van der Waals surface area contributed by atoms with E-state index in [0.29, 0.717) is 24.0 Å². The van der Waals surface area contributed by atoms with Crippen LogP contribution in [0.3, 0.4) is 0 Å². The lowest BCUT2D eigenvalue weighted by atomic mass is 10.1. The molecular weight excluding hydrogens is 311 g/mol.